The van der Waals surface area contributed by atoms with Crippen LogP contribution in [0.1, 0.15) is 15.9 Å². The summed E-state index contributed by atoms with van der Waals surface area (Å²) in [7, 11) is 1.58. The van der Waals surface area contributed by atoms with E-state index in [0.717, 1.165) is 5.56 Å². The first-order valence-corrected chi connectivity index (χ1v) is 10.3. The topological polar surface area (TPSA) is 95.1 Å². The maximum absolute atomic E-state index is 14.0. The number of fused-ring (bicyclic) bond motifs is 2. The number of hydrogen-bond donors (Lipinski definition) is 2. The van der Waals surface area contributed by atoms with Gasteiger partial charge in [0.1, 0.15) is 28.5 Å². The van der Waals surface area contributed by atoms with Crippen LogP contribution in [0.25, 0.3) is 27.9 Å². The number of aromatic nitrogens is 3. The molecule has 3 N–H and O–H groups in total. The Balaban J connectivity index is 1.65. The van der Waals surface area contributed by atoms with Crippen LogP contribution in [0.2, 0.25) is 0 Å². The predicted octanol–water partition coefficient (Wildman–Crippen LogP) is 4.23. The van der Waals surface area contributed by atoms with Gasteiger partial charge in [-0.25, -0.2) is 14.4 Å². The summed E-state index contributed by atoms with van der Waals surface area (Å²) in [5.74, 6) is -0.0463. The lowest BCUT2D eigenvalue weighted by molar-refractivity contribution is 0.0953. The molecule has 2 heterocycles. The first-order chi connectivity index (χ1) is 16.1. The van der Waals surface area contributed by atoms with Gasteiger partial charge in [-0.05, 0) is 36.4 Å². The summed E-state index contributed by atoms with van der Waals surface area (Å²) in [4.78, 5) is 22.7. The number of rotatable bonds is 5. The molecular formula is C25H20FN5O2. The number of ether oxygens (including phenoxy) is 1. The number of amides is 1. The lowest BCUT2D eigenvalue weighted by Gasteiger charge is -2.10. The van der Waals surface area contributed by atoms with E-state index in [9.17, 15) is 9.18 Å². The molecule has 0 unspecified atom stereocenters. The Labute approximate surface area is 188 Å². The number of nitrogens with zero attached hydrogens (tertiary/aromatic N) is 3. The van der Waals surface area contributed by atoms with Gasteiger partial charge in [-0.2, -0.15) is 0 Å². The molecule has 3 aromatic carbocycles. The molecule has 0 saturated carbocycles. The number of carbonyl (C=O) groups excluding carboxylic acids is 1. The summed E-state index contributed by atoms with van der Waals surface area (Å²) < 4.78 is 20.9. The average Bonchev–Trinajstić information content (AvgIpc) is 3.11. The molecule has 0 radical (unpaired) electrons. The number of nitrogens with one attached hydrogen (secondary N) is 1. The summed E-state index contributed by atoms with van der Waals surface area (Å²) in [5.41, 5.74) is 9.89. The van der Waals surface area contributed by atoms with Crippen LogP contribution in [0.4, 0.5) is 10.2 Å². The SMILES string of the molecule is COc1ccccc1CNC(=O)c1c(N)n(-c2cccc(F)c2)c2nc3ccccc3nc12. The molecule has 0 bridgehead atoms. The first-order valence-electron chi connectivity index (χ1n) is 10.3. The van der Waals surface area contributed by atoms with Crippen LogP contribution in [0.5, 0.6) is 5.75 Å². The van der Waals surface area contributed by atoms with E-state index >= 15 is 0 Å². The second-order valence-corrected chi connectivity index (χ2v) is 7.45. The number of benzene rings is 3. The quantitative estimate of drug-likeness (QED) is 0.426. The van der Waals surface area contributed by atoms with Gasteiger partial charge < -0.3 is 15.8 Å². The fraction of sp³-hybridized carbons (Fsp3) is 0.0800. The molecule has 164 valence electrons. The summed E-state index contributed by atoms with van der Waals surface area (Å²) in [6.45, 7) is 0.232. The van der Waals surface area contributed by atoms with E-state index in [1.54, 1.807) is 23.8 Å². The van der Waals surface area contributed by atoms with Gasteiger partial charge in [0.25, 0.3) is 5.91 Å². The molecule has 0 saturated heterocycles. The molecule has 0 atom stereocenters. The van der Waals surface area contributed by atoms with Gasteiger partial charge in [-0.15, -0.1) is 0 Å². The van der Waals surface area contributed by atoms with Gasteiger partial charge in [0.15, 0.2) is 5.65 Å². The monoisotopic (exact) mass is 441 g/mol. The maximum atomic E-state index is 14.0. The van der Waals surface area contributed by atoms with E-state index in [4.69, 9.17) is 15.5 Å². The van der Waals surface area contributed by atoms with Crippen molar-refractivity contribution in [2.24, 2.45) is 0 Å². The third kappa shape index (κ3) is 3.61. The molecule has 7 nitrogen and oxygen atoms in total. The zero-order valence-electron chi connectivity index (χ0n) is 17.7. The van der Waals surface area contributed by atoms with Crippen molar-refractivity contribution in [3.63, 3.8) is 0 Å². The van der Waals surface area contributed by atoms with Crippen molar-refractivity contribution in [1.29, 1.82) is 0 Å². The Hall–Kier alpha value is -4.46. The normalized spacial score (nSPS) is 11.1. The van der Waals surface area contributed by atoms with Crippen LogP contribution in [0.15, 0.2) is 72.8 Å². The van der Waals surface area contributed by atoms with E-state index in [1.165, 1.54) is 12.1 Å². The number of anilines is 1. The van der Waals surface area contributed by atoms with Gasteiger partial charge >= 0.3 is 0 Å². The first kappa shape index (κ1) is 20.4. The van der Waals surface area contributed by atoms with E-state index in [0.29, 0.717) is 33.6 Å². The molecule has 5 aromatic rings. The maximum Gasteiger partial charge on any atom is 0.257 e. The van der Waals surface area contributed by atoms with E-state index < -0.39 is 11.7 Å². The predicted molar refractivity (Wildman–Crippen MR) is 125 cm³/mol. The second-order valence-electron chi connectivity index (χ2n) is 7.45. The van der Waals surface area contributed by atoms with Crippen LogP contribution < -0.4 is 15.8 Å². The van der Waals surface area contributed by atoms with Gasteiger partial charge in [-0.3, -0.25) is 9.36 Å². The number of hydrogen-bond acceptors (Lipinski definition) is 5. The highest BCUT2D eigenvalue weighted by Gasteiger charge is 2.25. The van der Waals surface area contributed by atoms with Crippen LogP contribution >= 0.6 is 0 Å². The average molecular weight is 441 g/mol. The Morgan fingerprint density at radius 2 is 1.76 bits per heavy atom. The minimum Gasteiger partial charge on any atom is -0.496 e. The third-order valence-corrected chi connectivity index (χ3v) is 5.42. The minimum absolute atomic E-state index is 0.128. The molecule has 2 aromatic heterocycles. The third-order valence-electron chi connectivity index (χ3n) is 5.42. The molecule has 0 spiro atoms. The Morgan fingerprint density at radius 3 is 2.52 bits per heavy atom. The molecule has 1 amide bonds. The molecule has 0 aliphatic heterocycles. The standard InChI is InChI=1S/C25H20FN5O2/c1-33-20-12-5-2-7-15(20)14-28-25(32)21-22-24(30-19-11-4-3-10-18(19)29-22)31(23(21)27)17-9-6-8-16(26)13-17/h2-13H,14,27H2,1H3,(H,28,32). The highest BCUT2D eigenvalue weighted by Crippen LogP contribution is 2.31. The van der Waals surface area contributed by atoms with Crippen molar-refractivity contribution < 1.29 is 13.9 Å². The number of halogens is 1. The lowest BCUT2D eigenvalue weighted by Crippen LogP contribution is -2.24. The fourth-order valence-corrected chi connectivity index (χ4v) is 3.87. The van der Waals surface area contributed by atoms with Crippen molar-refractivity contribution in [3.05, 3.63) is 89.7 Å². The molecule has 0 aliphatic rings. The molecule has 33 heavy (non-hydrogen) atoms. The molecule has 5 rings (SSSR count). The molecule has 8 heteroatoms. The Kier molecular flexibility index (Phi) is 5.10. The number of para-hydroxylation sites is 3. The molecule has 0 fully saturated rings. The molecule has 0 aliphatic carbocycles. The number of methoxy groups -OCH3 is 1. The Bertz CT molecular complexity index is 1510. The highest BCUT2D eigenvalue weighted by molar-refractivity contribution is 6.11. The van der Waals surface area contributed by atoms with Gasteiger partial charge in [-0.1, -0.05) is 36.4 Å². The van der Waals surface area contributed by atoms with Crippen molar-refractivity contribution in [2.75, 3.05) is 12.8 Å². The van der Waals surface area contributed by atoms with Crippen LogP contribution in [0, 0.1) is 5.82 Å². The van der Waals surface area contributed by atoms with E-state index in [1.807, 2.05) is 48.5 Å². The number of nitrogen functional groups attached to an aromatic ring is 1. The van der Waals surface area contributed by atoms with Crippen LogP contribution in [0.3, 0.4) is 0 Å². The highest BCUT2D eigenvalue weighted by atomic mass is 19.1. The minimum atomic E-state index is -0.426. The van der Waals surface area contributed by atoms with Gasteiger partial charge in [0.05, 0.1) is 23.8 Å². The summed E-state index contributed by atoms with van der Waals surface area (Å²) in [6.07, 6.45) is 0. The number of carbonyl (C=O) groups is 1. The lowest BCUT2D eigenvalue weighted by atomic mass is 10.2. The van der Waals surface area contributed by atoms with Crippen LogP contribution in [-0.4, -0.2) is 27.6 Å². The summed E-state index contributed by atoms with van der Waals surface area (Å²) in [5, 5.41) is 2.89. The summed E-state index contributed by atoms with van der Waals surface area (Å²) >= 11 is 0. The van der Waals surface area contributed by atoms with E-state index in [-0.39, 0.29) is 17.9 Å². The largest absolute Gasteiger partial charge is 0.496 e. The summed E-state index contributed by atoms with van der Waals surface area (Å²) in [6, 6.07) is 20.7. The van der Waals surface area contributed by atoms with Crippen molar-refractivity contribution >= 4 is 33.9 Å². The van der Waals surface area contributed by atoms with Crippen molar-refractivity contribution in [1.82, 2.24) is 19.9 Å². The van der Waals surface area contributed by atoms with Gasteiger partial charge in [0.2, 0.25) is 0 Å². The smallest absolute Gasteiger partial charge is 0.257 e. The zero-order chi connectivity index (χ0) is 22.9. The van der Waals surface area contributed by atoms with E-state index in [2.05, 4.69) is 10.3 Å². The van der Waals surface area contributed by atoms with Crippen molar-refractivity contribution in [3.8, 4) is 11.4 Å². The van der Waals surface area contributed by atoms with Crippen LogP contribution in [-0.2, 0) is 6.54 Å². The number of nitrogens with two attached hydrogens (primary N) is 1. The van der Waals surface area contributed by atoms with Gasteiger partial charge in [0, 0.05) is 12.1 Å². The fourth-order valence-electron chi connectivity index (χ4n) is 3.87. The second kappa shape index (κ2) is 8.23. The zero-order valence-corrected chi connectivity index (χ0v) is 17.7. The molecular weight excluding hydrogens is 421 g/mol. The van der Waals surface area contributed by atoms with Crippen molar-refractivity contribution in [2.45, 2.75) is 6.54 Å². The Morgan fingerprint density at radius 1 is 1.03 bits per heavy atom.